The van der Waals surface area contributed by atoms with Crippen molar-refractivity contribution in [2.24, 2.45) is 0 Å². The van der Waals surface area contributed by atoms with E-state index in [1.54, 1.807) is 47.5 Å². The average Bonchev–Trinajstić information content (AvgIpc) is 3.07. The first kappa shape index (κ1) is 19.0. The van der Waals surface area contributed by atoms with E-state index in [0.717, 1.165) is 10.9 Å². The molecule has 0 aliphatic carbocycles. The Morgan fingerprint density at radius 2 is 2.04 bits per heavy atom. The number of anilines is 2. The Balaban J connectivity index is 1.56. The molecule has 2 heterocycles. The summed E-state index contributed by atoms with van der Waals surface area (Å²) < 4.78 is 0.820. The Labute approximate surface area is 165 Å². The van der Waals surface area contributed by atoms with Gasteiger partial charge in [0.15, 0.2) is 0 Å². The summed E-state index contributed by atoms with van der Waals surface area (Å²) in [6.45, 7) is 1.13. The zero-order valence-corrected chi connectivity index (χ0v) is 16.2. The Kier molecular flexibility index (Phi) is 6.18. The number of halogens is 1. The van der Waals surface area contributed by atoms with Gasteiger partial charge >= 0.3 is 0 Å². The fourth-order valence-electron chi connectivity index (χ4n) is 2.78. The average molecular weight is 431 g/mol. The maximum absolute atomic E-state index is 12.4. The lowest BCUT2D eigenvalue weighted by molar-refractivity contribution is -0.128. The van der Waals surface area contributed by atoms with Crippen molar-refractivity contribution in [2.75, 3.05) is 23.7 Å². The van der Waals surface area contributed by atoms with Crippen LogP contribution < -0.4 is 10.6 Å². The van der Waals surface area contributed by atoms with Gasteiger partial charge in [0.25, 0.3) is 5.91 Å². The quantitative estimate of drug-likeness (QED) is 0.736. The first-order valence-corrected chi connectivity index (χ1v) is 9.41. The first-order chi connectivity index (χ1) is 13.0. The largest absolute Gasteiger partial charge is 0.342 e. The minimum Gasteiger partial charge on any atom is -0.342 e. The van der Waals surface area contributed by atoms with Gasteiger partial charge in [0, 0.05) is 47.9 Å². The summed E-state index contributed by atoms with van der Waals surface area (Å²) in [7, 11) is 0. The lowest BCUT2D eigenvalue weighted by Gasteiger charge is -2.15. The lowest BCUT2D eigenvalue weighted by Crippen LogP contribution is -2.28. The van der Waals surface area contributed by atoms with Crippen LogP contribution in [0.15, 0.2) is 47.1 Å². The van der Waals surface area contributed by atoms with E-state index in [2.05, 4.69) is 31.5 Å². The molecule has 0 saturated carbocycles. The molecule has 8 heteroatoms. The van der Waals surface area contributed by atoms with Crippen molar-refractivity contribution in [2.45, 2.75) is 19.3 Å². The maximum Gasteiger partial charge on any atom is 0.256 e. The molecule has 3 rings (SSSR count). The second-order valence-corrected chi connectivity index (χ2v) is 7.09. The molecule has 3 amide bonds. The Morgan fingerprint density at radius 1 is 1.19 bits per heavy atom. The summed E-state index contributed by atoms with van der Waals surface area (Å²) in [5.41, 5.74) is 0.941. The fraction of sp³-hybridized carbons (Fsp3) is 0.263. The molecule has 2 N–H and O–H groups in total. The monoisotopic (exact) mass is 430 g/mol. The number of hydrogen-bond acceptors (Lipinski definition) is 4. The molecule has 0 bridgehead atoms. The van der Waals surface area contributed by atoms with Crippen molar-refractivity contribution >= 4 is 45.2 Å². The molecule has 2 aromatic rings. The predicted molar refractivity (Wildman–Crippen MR) is 105 cm³/mol. The van der Waals surface area contributed by atoms with Gasteiger partial charge in [0.2, 0.25) is 11.8 Å². The number of carbonyl (C=O) groups is 3. The number of nitrogens with one attached hydrogen (secondary N) is 2. The Bertz CT molecular complexity index is 854. The number of hydrogen-bond donors (Lipinski definition) is 2. The molecule has 0 radical (unpaired) electrons. The number of rotatable bonds is 6. The molecule has 1 fully saturated rings. The highest BCUT2D eigenvalue weighted by Crippen LogP contribution is 2.15. The predicted octanol–water partition coefficient (Wildman–Crippen LogP) is 3.05. The van der Waals surface area contributed by atoms with Crippen LogP contribution in [0.4, 0.5) is 11.5 Å². The molecule has 0 atom stereocenters. The van der Waals surface area contributed by atoms with Crippen LogP contribution in [0.2, 0.25) is 0 Å². The number of aromatic nitrogens is 1. The van der Waals surface area contributed by atoms with Crippen LogP contribution in [0.5, 0.6) is 0 Å². The minimum absolute atomic E-state index is 0.100. The molecule has 140 valence electrons. The number of pyridine rings is 1. The summed E-state index contributed by atoms with van der Waals surface area (Å²) in [6, 6.07) is 10.1. The zero-order chi connectivity index (χ0) is 19.2. The van der Waals surface area contributed by atoms with Crippen LogP contribution in [0, 0.1) is 0 Å². The van der Waals surface area contributed by atoms with Crippen LogP contribution in [0.3, 0.4) is 0 Å². The van der Waals surface area contributed by atoms with Crippen molar-refractivity contribution in [3.05, 3.63) is 52.6 Å². The van der Waals surface area contributed by atoms with Crippen LogP contribution >= 0.6 is 15.9 Å². The molecule has 1 saturated heterocycles. The third-order valence-corrected chi connectivity index (χ3v) is 4.63. The van der Waals surface area contributed by atoms with Gasteiger partial charge in [-0.05, 0) is 52.7 Å². The van der Waals surface area contributed by atoms with Crippen molar-refractivity contribution in [3.63, 3.8) is 0 Å². The maximum atomic E-state index is 12.4. The molecular weight excluding hydrogens is 412 g/mol. The summed E-state index contributed by atoms with van der Waals surface area (Å²) in [6.07, 6.45) is 3.24. The number of benzene rings is 1. The highest BCUT2D eigenvalue weighted by atomic mass is 79.9. The lowest BCUT2D eigenvalue weighted by atomic mass is 10.2. The van der Waals surface area contributed by atoms with Gasteiger partial charge in [-0.25, -0.2) is 4.98 Å². The minimum atomic E-state index is -0.316. The summed E-state index contributed by atoms with van der Waals surface area (Å²) in [5, 5.41) is 5.47. The second-order valence-electron chi connectivity index (χ2n) is 6.18. The summed E-state index contributed by atoms with van der Waals surface area (Å²) >= 11 is 3.29. The Hall–Kier alpha value is -2.74. The summed E-state index contributed by atoms with van der Waals surface area (Å²) in [5.74, 6) is 0.0290. The van der Waals surface area contributed by atoms with Crippen molar-refractivity contribution in [3.8, 4) is 0 Å². The topological polar surface area (TPSA) is 91.4 Å². The standard InChI is InChI=1S/C19H19BrN4O3/c20-14-6-7-16(21-12-14)23-19(27)13-3-1-4-15(11-13)22-17(25)8-10-24-9-2-5-18(24)26/h1,3-4,6-7,11-12H,2,5,8-10H2,(H,22,25)(H,21,23,27). The summed E-state index contributed by atoms with van der Waals surface area (Å²) in [4.78, 5) is 41.8. The van der Waals surface area contributed by atoms with Crippen LogP contribution in [0.25, 0.3) is 0 Å². The van der Waals surface area contributed by atoms with Crippen LogP contribution in [0.1, 0.15) is 29.6 Å². The van der Waals surface area contributed by atoms with Gasteiger partial charge in [0.1, 0.15) is 5.82 Å². The van der Waals surface area contributed by atoms with Gasteiger partial charge in [0.05, 0.1) is 0 Å². The molecule has 27 heavy (non-hydrogen) atoms. The SMILES string of the molecule is O=C(CCN1CCCC1=O)Nc1cccc(C(=O)Nc2ccc(Br)cn2)c1. The van der Waals surface area contributed by atoms with Gasteiger partial charge in [-0.1, -0.05) is 6.07 Å². The van der Waals surface area contributed by atoms with Gasteiger partial charge < -0.3 is 15.5 Å². The van der Waals surface area contributed by atoms with E-state index in [9.17, 15) is 14.4 Å². The van der Waals surface area contributed by atoms with Gasteiger partial charge in [-0.15, -0.1) is 0 Å². The number of carbonyl (C=O) groups excluding carboxylic acids is 3. The molecule has 0 unspecified atom stereocenters. The molecule has 7 nitrogen and oxygen atoms in total. The smallest absolute Gasteiger partial charge is 0.256 e. The van der Waals surface area contributed by atoms with Crippen molar-refractivity contribution in [1.82, 2.24) is 9.88 Å². The first-order valence-electron chi connectivity index (χ1n) is 8.62. The van der Waals surface area contributed by atoms with E-state index in [1.807, 2.05) is 0 Å². The number of nitrogens with zero attached hydrogens (tertiary/aromatic N) is 2. The van der Waals surface area contributed by atoms with E-state index in [4.69, 9.17) is 0 Å². The van der Waals surface area contributed by atoms with Gasteiger partial charge in [-0.3, -0.25) is 14.4 Å². The Morgan fingerprint density at radius 3 is 2.74 bits per heavy atom. The molecule has 1 aliphatic heterocycles. The van der Waals surface area contributed by atoms with Crippen LogP contribution in [-0.2, 0) is 9.59 Å². The van der Waals surface area contributed by atoms with Crippen molar-refractivity contribution < 1.29 is 14.4 Å². The third-order valence-electron chi connectivity index (χ3n) is 4.16. The van der Waals surface area contributed by atoms with Gasteiger partial charge in [-0.2, -0.15) is 0 Å². The van der Waals surface area contributed by atoms with Crippen LogP contribution in [-0.4, -0.2) is 40.7 Å². The second kappa shape index (κ2) is 8.77. The van der Waals surface area contributed by atoms with E-state index >= 15 is 0 Å². The molecular formula is C19H19BrN4O3. The molecule has 1 aromatic heterocycles. The highest BCUT2D eigenvalue weighted by Gasteiger charge is 2.20. The van der Waals surface area contributed by atoms with E-state index in [-0.39, 0.29) is 24.1 Å². The van der Waals surface area contributed by atoms with E-state index < -0.39 is 0 Å². The normalized spacial score (nSPS) is 13.5. The molecule has 1 aromatic carbocycles. The highest BCUT2D eigenvalue weighted by molar-refractivity contribution is 9.10. The van der Waals surface area contributed by atoms with E-state index in [1.165, 1.54) is 0 Å². The third kappa shape index (κ3) is 5.37. The molecule has 0 spiro atoms. The van der Waals surface area contributed by atoms with E-state index in [0.29, 0.717) is 36.6 Å². The number of likely N-dealkylation sites (tertiary alicyclic amines) is 1. The fourth-order valence-corrected chi connectivity index (χ4v) is 3.01. The van der Waals surface area contributed by atoms with Crippen molar-refractivity contribution in [1.29, 1.82) is 0 Å². The zero-order valence-electron chi connectivity index (χ0n) is 14.6. The number of amides is 3. The molecule has 1 aliphatic rings.